The van der Waals surface area contributed by atoms with Crippen LogP contribution in [0, 0.1) is 6.92 Å². The van der Waals surface area contributed by atoms with E-state index in [1.54, 1.807) is 6.92 Å². The molecule has 0 spiro atoms. The highest BCUT2D eigenvalue weighted by Gasteiger charge is 2.51. The van der Waals surface area contributed by atoms with Crippen molar-refractivity contribution in [2.75, 3.05) is 18.9 Å². The molecule has 1 aromatic carbocycles. The fraction of sp³-hybridized carbons (Fsp3) is 0.458. The lowest BCUT2D eigenvalue weighted by Crippen LogP contribution is -2.53. The van der Waals surface area contributed by atoms with Crippen molar-refractivity contribution in [3.05, 3.63) is 42.0 Å². The number of benzene rings is 1. The normalized spacial score (nSPS) is 20.8. The van der Waals surface area contributed by atoms with E-state index in [4.69, 9.17) is 19.9 Å². The SMILES string of the molecule is CCOC(=O)C(Cc1ccc(OC(F)(F)F)cc1)(OCC1CC(F)C(n2cnc3c(N)nc(C)nc32)O1)C(=O)O. The largest absolute Gasteiger partial charge is 0.573 e. The third-order valence-electron chi connectivity index (χ3n) is 6.04. The third-order valence-corrected chi connectivity index (χ3v) is 6.04. The number of nitrogens with zero attached hydrogens (tertiary/aromatic N) is 4. The molecular formula is C24H25F4N5O7. The van der Waals surface area contributed by atoms with Crippen LogP contribution in [0.5, 0.6) is 5.75 Å². The number of alkyl halides is 4. The van der Waals surface area contributed by atoms with Crippen LogP contribution in [-0.4, -0.2) is 74.0 Å². The fourth-order valence-corrected chi connectivity index (χ4v) is 4.28. The molecule has 1 fully saturated rings. The van der Waals surface area contributed by atoms with Crippen molar-refractivity contribution in [3.8, 4) is 5.75 Å². The Balaban J connectivity index is 1.53. The summed E-state index contributed by atoms with van der Waals surface area (Å²) in [6.07, 6.45) is -8.22. The molecule has 4 rings (SSSR count). The summed E-state index contributed by atoms with van der Waals surface area (Å²) in [6, 6.07) is 4.24. The summed E-state index contributed by atoms with van der Waals surface area (Å²) in [4.78, 5) is 37.6. The summed E-state index contributed by atoms with van der Waals surface area (Å²) in [5.74, 6) is -3.06. The number of carbonyl (C=O) groups excluding carboxylic acids is 1. The molecule has 216 valence electrons. The Labute approximate surface area is 224 Å². The number of hydrogen-bond donors (Lipinski definition) is 2. The van der Waals surface area contributed by atoms with E-state index in [-0.39, 0.29) is 35.6 Å². The Morgan fingerprint density at radius 2 is 1.93 bits per heavy atom. The van der Waals surface area contributed by atoms with Crippen molar-refractivity contribution in [1.82, 2.24) is 19.5 Å². The van der Waals surface area contributed by atoms with E-state index in [9.17, 15) is 27.9 Å². The predicted octanol–water partition coefficient (Wildman–Crippen LogP) is 2.89. The molecule has 0 saturated carbocycles. The van der Waals surface area contributed by atoms with Gasteiger partial charge >= 0.3 is 18.3 Å². The molecule has 0 radical (unpaired) electrons. The van der Waals surface area contributed by atoms with Crippen LogP contribution in [0.3, 0.4) is 0 Å². The minimum absolute atomic E-state index is 0.105. The molecular weight excluding hydrogens is 546 g/mol. The van der Waals surface area contributed by atoms with Gasteiger partial charge in [-0.3, -0.25) is 4.57 Å². The number of aromatic nitrogens is 4. The lowest BCUT2D eigenvalue weighted by atomic mass is 9.94. The number of anilines is 1. The molecule has 40 heavy (non-hydrogen) atoms. The topological polar surface area (TPSA) is 161 Å². The van der Waals surface area contributed by atoms with Crippen LogP contribution in [-0.2, 0) is 30.2 Å². The van der Waals surface area contributed by atoms with Crippen LogP contribution in [0.2, 0.25) is 0 Å². The number of ether oxygens (including phenoxy) is 4. The van der Waals surface area contributed by atoms with E-state index in [0.29, 0.717) is 5.82 Å². The molecule has 0 bridgehead atoms. The number of carboxylic acids is 1. The van der Waals surface area contributed by atoms with Crippen molar-refractivity contribution in [3.63, 3.8) is 0 Å². The number of hydrogen-bond acceptors (Lipinski definition) is 10. The van der Waals surface area contributed by atoms with Gasteiger partial charge in [-0.05, 0) is 31.5 Å². The summed E-state index contributed by atoms with van der Waals surface area (Å²) in [6.45, 7) is 2.35. The molecule has 4 atom stereocenters. The highest BCUT2D eigenvalue weighted by Crippen LogP contribution is 2.35. The van der Waals surface area contributed by atoms with Gasteiger partial charge in [-0.15, -0.1) is 13.2 Å². The second-order valence-electron chi connectivity index (χ2n) is 8.91. The van der Waals surface area contributed by atoms with E-state index in [1.165, 1.54) is 17.8 Å². The van der Waals surface area contributed by atoms with Crippen molar-refractivity contribution in [2.45, 2.75) is 57.2 Å². The number of nitrogen functional groups attached to an aromatic ring is 1. The Hall–Kier alpha value is -4.05. The zero-order valence-corrected chi connectivity index (χ0v) is 21.2. The number of aryl methyl sites for hydroxylation is 1. The van der Waals surface area contributed by atoms with Crippen LogP contribution in [0.1, 0.15) is 31.0 Å². The zero-order valence-electron chi connectivity index (χ0n) is 21.2. The number of carbonyl (C=O) groups is 2. The summed E-state index contributed by atoms with van der Waals surface area (Å²) in [5, 5.41) is 10.0. The molecule has 16 heteroatoms. The molecule has 3 heterocycles. The average molecular weight is 571 g/mol. The van der Waals surface area contributed by atoms with Gasteiger partial charge in [-0.1, -0.05) is 12.1 Å². The minimum atomic E-state index is -4.92. The second kappa shape index (κ2) is 11.2. The first kappa shape index (κ1) is 28.9. The first-order chi connectivity index (χ1) is 18.8. The number of nitrogens with two attached hydrogens (primary N) is 1. The molecule has 0 amide bonds. The maximum atomic E-state index is 15.1. The van der Waals surface area contributed by atoms with Gasteiger partial charge in [0.1, 0.15) is 23.3 Å². The summed E-state index contributed by atoms with van der Waals surface area (Å²) in [7, 11) is 0. The minimum Gasteiger partial charge on any atom is -0.479 e. The van der Waals surface area contributed by atoms with Gasteiger partial charge in [0, 0.05) is 12.8 Å². The Morgan fingerprint density at radius 1 is 1.23 bits per heavy atom. The molecule has 3 N–H and O–H groups in total. The van der Waals surface area contributed by atoms with Gasteiger partial charge in [0.25, 0.3) is 5.60 Å². The number of fused-ring (bicyclic) bond motifs is 1. The van der Waals surface area contributed by atoms with Crippen LogP contribution in [0.4, 0.5) is 23.4 Å². The Kier molecular flexibility index (Phi) is 8.11. The van der Waals surface area contributed by atoms with Crippen molar-refractivity contribution >= 4 is 28.9 Å². The maximum absolute atomic E-state index is 15.1. The van der Waals surface area contributed by atoms with Gasteiger partial charge < -0.3 is 29.8 Å². The van der Waals surface area contributed by atoms with E-state index in [0.717, 1.165) is 24.3 Å². The summed E-state index contributed by atoms with van der Waals surface area (Å²) in [5.41, 5.74) is 3.89. The number of halogens is 4. The highest BCUT2D eigenvalue weighted by molar-refractivity contribution is 6.03. The molecule has 3 aromatic rings. The first-order valence-electron chi connectivity index (χ1n) is 12.0. The van der Waals surface area contributed by atoms with Gasteiger partial charge in [0.2, 0.25) is 0 Å². The average Bonchev–Trinajstić information content (AvgIpc) is 3.44. The number of rotatable bonds is 10. The first-order valence-corrected chi connectivity index (χ1v) is 12.0. The van der Waals surface area contributed by atoms with Crippen LogP contribution in [0.25, 0.3) is 11.2 Å². The molecule has 2 aromatic heterocycles. The second-order valence-corrected chi connectivity index (χ2v) is 8.91. The lowest BCUT2D eigenvalue weighted by molar-refractivity contribution is -0.274. The van der Waals surface area contributed by atoms with Crippen molar-refractivity contribution in [1.29, 1.82) is 0 Å². The number of imidazole rings is 1. The number of esters is 1. The van der Waals surface area contributed by atoms with Crippen LogP contribution < -0.4 is 10.5 Å². The molecule has 1 aliphatic heterocycles. The van der Waals surface area contributed by atoms with E-state index in [1.807, 2.05) is 0 Å². The molecule has 12 nitrogen and oxygen atoms in total. The molecule has 1 aliphatic rings. The van der Waals surface area contributed by atoms with Gasteiger partial charge in [0.15, 0.2) is 17.7 Å². The van der Waals surface area contributed by atoms with Crippen LogP contribution in [0.15, 0.2) is 30.6 Å². The van der Waals surface area contributed by atoms with E-state index < -0.39 is 61.2 Å². The molecule has 4 unspecified atom stereocenters. The summed E-state index contributed by atoms with van der Waals surface area (Å²) < 4.78 is 74.0. The van der Waals surface area contributed by atoms with Gasteiger partial charge in [-0.25, -0.2) is 28.9 Å². The highest BCUT2D eigenvalue weighted by atomic mass is 19.4. The number of carboxylic acid groups (broad SMARTS) is 1. The quantitative estimate of drug-likeness (QED) is 0.209. The van der Waals surface area contributed by atoms with Gasteiger partial charge in [0.05, 0.1) is 25.6 Å². The smallest absolute Gasteiger partial charge is 0.479 e. The van der Waals surface area contributed by atoms with Crippen LogP contribution >= 0.6 is 0 Å². The standard InChI is InChI=1S/C24H25F4N5O7/c1-3-37-22(36)23(21(34)35,9-13-4-6-14(7-5-13)40-24(26,27)28)38-10-15-8-16(25)20(39-15)33-11-30-17-18(29)31-12(2)32-19(17)33/h4-7,11,15-16,20H,3,8-10H2,1-2H3,(H,34,35)(H2,29,31,32). The van der Waals surface area contributed by atoms with E-state index >= 15 is 4.39 Å². The lowest BCUT2D eigenvalue weighted by Gasteiger charge is -2.28. The monoisotopic (exact) mass is 571 g/mol. The molecule has 0 aliphatic carbocycles. The maximum Gasteiger partial charge on any atom is 0.573 e. The van der Waals surface area contributed by atoms with Crippen molar-refractivity contribution in [2.24, 2.45) is 0 Å². The predicted molar refractivity (Wildman–Crippen MR) is 128 cm³/mol. The third kappa shape index (κ3) is 6.07. The van der Waals surface area contributed by atoms with Crippen molar-refractivity contribution < 1.29 is 51.2 Å². The van der Waals surface area contributed by atoms with E-state index in [2.05, 4.69) is 19.7 Å². The zero-order chi connectivity index (χ0) is 29.2. The number of aliphatic carboxylic acids is 1. The Morgan fingerprint density at radius 3 is 2.55 bits per heavy atom. The molecule has 1 saturated heterocycles. The Bertz CT molecular complexity index is 1380. The fourth-order valence-electron chi connectivity index (χ4n) is 4.28. The van der Waals surface area contributed by atoms with Gasteiger partial charge in [-0.2, -0.15) is 0 Å². The summed E-state index contributed by atoms with van der Waals surface area (Å²) >= 11 is 0.